The molecule has 5 nitrogen and oxygen atoms in total. The maximum absolute atomic E-state index is 11.9. The van der Waals surface area contributed by atoms with E-state index >= 15 is 0 Å². The van der Waals surface area contributed by atoms with Gasteiger partial charge in [-0.2, -0.15) is 0 Å². The number of hydrogen-bond donors (Lipinski definition) is 2. The van der Waals surface area contributed by atoms with Gasteiger partial charge >= 0.3 is 0 Å². The van der Waals surface area contributed by atoms with Gasteiger partial charge in [0.15, 0.2) is 5.43 Å². The topological polar surface area (TPSA) is 77.1 Å². The van der Waals surface area contributed by atoms with Gasteiger partial charge < -0.3 is 15.6 Å². The first-order valence-corrected chi connectivity index (χ1v) is 8.31. The van der Waals surface area contributed by atoms with Crippen molar-refractivity contribution in [3.05, 3.63) is 64.6 Å². The Bertz CT molecular complexity index is 733. The number of aryl methyl sites for hydroxylation is 1. The number of amides is 1. The van der Waals surface area contributed by atoms with Crippen molar-refractivity contribution in [3.63, 3.8) is 0 Å². The zero-order valence-corrected chi connectivity index (χ0v) is 14.2. The van der Waals surface area contributed by atoms with Gasteiger partial charge in [0.2, 0.25) is 5.91 Å². The first-order chi connectivity index (χ1) is 11.5. The molecule has 126 valence electrons. The van der Waals surface area contributed by atoms with Crippen LogP contribution in [0.15, 0.2) is 53.6 Å². The molecule has 0 spiro atoms. The fourth-order valence-electron chi connectivity index (χ4n) is 2.29. The van der Waals surface area contributed by atoms with Crippen LogP contribution in [0.1, 0.15) is 31.2 Å². The summed E-state index contributed by atoms with van der Waals surface area (Å²) in [7, 11) is 0. The van der Waals surface area contributed by atoms with Crippen LogP contribution in [0.5, 0.6) is 0 Å². The summed E-state index contributed by atoms with van der Waals surface area (Å²) in [5, 5.41) is 2.86. The fourth-order valence-corrected chi connectivity index (χ4v) is 2.43. The number of rotatable bonds is 8. The Morgan fingerprint density at radius 3 is 2.33 bits per heavy atom. The lowest BCUT2D eigenvalue weighted by Crippen LogP contribution is -2.12. The number of unbranched alkanes of at least 4 members (excludes halogenated alkanes) is 2. The lowest BCUT2D eigenvalue weighted by molar-refractivity contribution is -0.116. The van der Waals surface area contributed by atoms with E-state index in [1.807, 2.05) is 4.57 Å². The minimum atomic E-state index is 0.00133. The normalized spacial score (nSPS) is 10.3. The van der Waals surface area contributed by atoms with Gasteiger partial charge in [-0.05, 0) is 37.1 Å². The van der Waals surface area contributed by atoms with E-state index in [1.54, 1.807) is 48.8 Å². The van der Waals surface area contributed by atoms with Crippen LogP contribution < -0.4 is 16.5 Å². The molecule has 0 saturated heterocycles. The smallest absolute Gasteiger partial charge is 0.224 e. The molecule has 0 fully saturated rings. The molecule has 1 aromatic heterocycles. The second-order valence-electron chi connectivity index (χ2n) is 5.57. The highest BCUT2D eigenvalue weighted by Crippen LogP contribution is 2.11. The van der Waals surface area contributed by atoms with Gasteiger partial charge in [-0.1, -0.05) is 18.6 Å². The number of anilines is 1. The number of pyridine rings is 1. The van der Waals surface area contributed by atoms with Crippen LogP contribution in [0.3, 0.4) is 0 Å². The standard InChI is InChI=1S/C18H21N3O2S/c19-18(24)14-5-7-15(8-6-14)20-17(23)4-2-1-3-11-21-12-9-16(22)10-13-21/h5-10,12-13H,1-4,11H2,(H2,19,24)(H,20,23). The molecule has 0 aliphatic heterocycles. The Hall–Kier alpha value is -2.47. The van der Waals surface area contributed by atoms with E-state index in [4.69, 9.17) is 18.0 Å². The van der Waals surface area contributed by atoms with E-state index in [-0.39, 0.29) is 11.3 Å². The quantitative estimate of drug-likeness (QED) is 0.571. The Morgan fingerprint density at radius 2 is 1.71 bits per heavy atom. The number of nitrogens with one attached hydrogen (secondary N) is 1. The lowest BCUT2D eigenvalue weighted by Gasteiger charge is -2.07. The first-order valence-electron chi connectivity index (χ1n) is 7.90. The molecule has 0 saturated carbocycles. The molecule has 2 rings (SSSR count). The number of thiocarbonyl (C=S) groups is 1. The van der Waals surface area contributed by atoms with Gasteiger partial charge in [0, 0.05) is 48.7 Å². The second kappa shape index (κ2) is 8.98. The number of aromatic nitrogens is 1. The van der Waals surface area contributed by atoms with E-state index in [1.165, 1.54) is 0 Å². The van der Waals surface area contributed by atoms with Gasteiger partial charge in [-0.25, -0.2) is 0 Å². The maximum atomic E-state index is 11.9. The summed E-state index contributed by atoms with van der Waals surface area (Å²) in [4.78, 5) is 23.2. The molecule has 0 aliphatic rings. The highest BCUT2D eigenvalue weighted by atomic mass is 32.1. The molecule has 24 heavy (non-hydrogen) atoms. The summed E-state index contributed by atoms with van der Waals surface area (Å²) in [6.07, 6.45) is 6.81. The Kier molecular flexibility index (Phi) is 6.69. The van der Waals surface area contributed by atoms with Crippen LogP contribution >= 0.6 is 12.2 Å². The van der Waals surface area contributed by atoms with Crippen LogP contribution in [0, 0.1) is 0 Å². The van der Waals surface area contributed by atoms with E-state index in [0.717, 1.165) is 37.1 Å². The molecule has 0 radical (unpaired) electrons. The molecule has 1 amide bonds. The summed E-state index contributed by atoms with van der Waals surface area (Å²) in [6, 6.07) is 10.3. The summed E-state index contributed by atoms with van der Waals surface area (Å²) < 4.78 is 1.98. The van der Waals surface area contributed by atoms with Crippen molar-refractivity contribution in [1.29, 1.82) is 0 Å². The van der Waals surface area contributed by atoms with Gasteiger partial charge in [-0.3, -0.25) is 9.59 Å². The Labute approximate surface area is 146 Å². The number of benzene rings is 1. The van der Waals surface area contributed by atoms with Crippen molar-refractivity contribution in [2.75, 3.05) is 5.32 Å². The maximum Gasteiger partial charge on any atom is 0.224 e. The van der Waals surface area contributed by atoms with Crippen LogP contribution in [0.2, 0.25) is 0 Å². The van der Waals surface area contributed by atoms with Crippen molar-refractivity contribution in [2.24, 2.45) is 5.73 Å². The van der Waals surface area contributed by atoms with Crippen LogP contribution in [0.25, 0.3) is 0 Å². The molecule has 1 heterocycles. The first kappa shape index (κ1) is 17.9. The minimum Gasteiger partial charge on any atom is -0.389 e. The van der Waals surface area contributed by atoms with Crippen LogP contribution in [-0.2, 0) is 11.3 Å². The summed E-state index contributed by atoms with van der Waals surface area (Å²) in [6.45, 7) is 0.850. The highest BCUT2D eigenvalue weighted by molar-refractivity contribution is 7.80. The summed E-state index contributed by atoms with van der Waals surface area (Å²) >= 11 is 4.89. The van der Waals surface area contributed by atoms with Crippen molar-refractivity contribution in [2.45, 2.75) is 32.2 Å². The molecule has 0 atom stereocenters. The number of hydrogen-bond acceptors (Lipinski definition) is 3. The number of carbonyl (C=O) groups excluding carboxylic acids is 1. The average molecular weight is 343 g/mol. The predicted octanol–water partition coefficient (Wildman–Crippen LogP) is 2.68. The summed E-state index contributed by atoms with van der Waals surface area (Å²) in [5.74, 6) is 0.00133. The lowest BCUT2D eigenvalue weighted by atomic mass is 10.1. The SMILES string of the molecule is NC(=S)c1ccc(NC(=O)CCCCCn2ccc(=O)cc2)cc1. The summed E-state index contributed by atoms with van der Waals surface area (Å²) in [5.41, 5.74) is 7.08. The van der Waals surface area contributed by atoms with Crippen molar-refractivity contribution in [1.82, 2.24) is 4.57 Å². The van der Waals surface area contributed by atoms with Gasteiger partial charge in [0.05, 0.1) is 0 Å². The molecule has 0 unspecified atom stereocenters. The van der Waals surface area contributed by atoms with Crippen LogP contribution in [-0.4, -0.2) is 15.5 Å². The second-order valence-corrected chi connectivity index (χ2v) is 6.01. The minimum absolute atomic E-state index is 0.00133. The molecule has 1 aromatic carbocycles. The monoisotopic (exact) mass is 343 g/mol. The van der Waals surface area contributed by atoms with Gasteiger partial charge in [-0.15, -0.1) is 0 Å². The number of carbonyl (C=O) groups is 1. The van der Waals surface area contributed by atoms with E-state index in [9.17, 15) is 9.59 Å². The molecule has 0 aliphatic carbocycles. The molecule has 6 heteroatoms. The molecular formula is C18H21N3O2S. The Morgan fingerprint density at radius 1 is 1.04 bits per heavy atom. The van der Waals surface area contributed by atoms with E-state index in [0.29, 0.717) is 11.4 Å². The fraction of sp³-hybridized carbons (Fsp3) is 0.278. The zero-order chi connectivity index (χ0) is 17.4. The predicted molar refractivity (Wildman–Crippen MR) is 100 cm³/mol. The number of nitrogens with zero attached hydrogens (tertiary/aromatic N) is 1. The van der Waals surface area contributed by atoms with Crippen molar-refractivity contribution < 1.29 is 4.79 Å². The Balaban J connectivity index is 1.65. The third-order valence-corrected chi connectivity index (χ3v) is 3.87. The van der Waals surface area contributed by atoms with Crippen molar-refractivity contribution in [3.8, 4) is 0 Å². The average Bonchev–Trinajstić information content (AvgIpc) is 2.56. The number of nitrogens with two attached hydrogens (primary N) is 1. The third kappa shape index (κ3) is 5.96. The molecule has 2 aromatic rings. The zero-order valence-electron chi connectivity index (χ0n) is 13.4. The van der Waals surface area contributed by atoms with E-state index in [2.05, 4.69) is 5.32 Å². The largest absolute Gasteiger partial charge is 0.389 e. The molecule has 0 bridgehead atoms. The molecular weight excluding hydrogens is 322 g/mol. The van der Waals surface area contributed by atoms with Crippen LogP contribution in [0.4, 0.5) is 5.69 Å². The van der Waals surface area contributed by atoms with Gasteiger partial charge in [0.25, 0.3) is 0 Å². The third-order valence-electron chi connectivity index (χ3n) is 3.63. The van der Waals surface area contributed by atoms with E-state index < -0.39 is 0 Å². The van der Waals surface area contributed by atoms with Crippen molar-refractivity contribution >= 4 is 28.8 Å². The molecule has 3 N–H and O–H groups in total. The van der Waals surface area contributed by atoms with Gasteiger partial charge in [0.1, 0.15) is 4.99 Å². The highest BCUT2D eigenvalue weighted by Gasteiger charge is 2.03.